The number of nitrogens with zero attached hydrogens (tertiary/aromatic N) is 2. The van der Waals surface area contributed by atoms with Crippen molar-refractivity contribution in [2.24, 2.45) is 4.99 Å². The Kier molecular flexibility index (Phi) is 6.18. The van der Waals surface area contributed by atoms with E-state index in [4.69, 9.17) is 16.3 Å². The van der Waals surface area contributed by atoms with Crippen molar-refractivity contribution >= 4 is 35.3 Å². The third-order valence-corrected chi connectivity index (χ3v) is 3.56. The molecule has 0 heterocycles. The van der Waals surface area contributed by atoms with E-state index in [0.717, 1.165) is 16.9 Å². The van der Waals surface area contributed by atoms with E-state index < -0.39 is 0 Å². The van der Waals surface area contributed by atoms with E-state index in [9.17, 15) is 4.79 Å². The lowest BCUT2D eigenvalue weighted by Crippen LogP contribution is -2.13. The fraction of sp³-hybridized carbons (Fsp3) is 0.222. The molecular formula is C18H19ClN2O2. The first kappa shape index (κ1) is 17.0. The number of carbonyl (C=O) groups is 1. The molecule has 0 aromatic heterocycles. The highest BCUT2D eigenvalue weighted by Crippen LogP contribution is 2.16. The van der Waals surface area contributed by atoms with Crippen molar-refractivity contribution in [2.75, 3.05) is 18.6 Å². The van der Waals surface area contributed by atoms with Crippen LogP contribution >= 0.6 is 11.6 Å². The molecule has 0 spiro atoms. The first-order valence-electron chi connectivity index (χ1n) is 7.33. The third-order valence-electron chi connectivity index (χ3n) is 3.26. The molecular weight excluding hydrogens is 312 g/mol. The number of hydrogen-bond donors (Lipinski definition) is 0. The summed E-state index contributed by atoms with van der Waals surface area (Å²) in [5.74, 6) is 0.185. The summed E-state index contributed by atoms with van der Waals surface area (Å²) in [5, 5.41) is 0. The molecule has 0 saturated heterocycles. The van der Waals surface area contributed by atoms with E-state index in [1.54, 1.807) is 37.5 Å². The molecule has 0 amide bonds. The van der Waals surface area contributed by atoms with E-state index in [-0.39, 0.29) is 5.97 Å². The van der Waals surface area contributed by atoms with Gasteiger partial charge in [0.05, 0.1) is 24.2 Å². The van der Waals surface area contributed by atoms with Gasteiger partial charge in [0.2, 0.25) is 0 Å². The number of anilines is 1. The number of benzene rings is 2. The van der Waals surface area contributed by atoms with Crippen molar-refractivity contribution in [1.82, 2.24) is 0 Å². The summed E-state index contributed by atoms with van der Waals surface area (Å²) in [6.45, 7) is 2.15. The molecule has 0 bridgehead atoms. The van der Waals surface area contributed by atoms with E-state index in [1.807, 2.05) is 36.2 Å². The molecule has 120 valence electrons. The van der Waals surface area contributed by atoms with Crippen LogP contribution in [0.5, 0.6) is 0 Å². The molecule has 0 saturated carbocycles. The Balaban J connectivity index is 2.02. The molecule has 5 heteroatoms. The molecule has 0 N–H and O–H groups in total. The van der Waals surface area contributed by atoms with Gasteiger partial charge in [0.15, 0.2) is 0 Å². The number of rotatable bonds is 6. The van der Waals surface area contributed by atoms with Crippen LogP contribution in [0.4, 0.5) is 11.4 Å². The van der Waals surface area contributed by atoms with Crippen molar-refractivity contribution < 1.29 is 9.53 Å². The maximum atomic E-state index is 11.6. The predicted molar refractivity (Wildman–Crippen MR) is 95.0 cm³/mol. The monoisotopic (exact) mass is 330 g/mol. The van der Waals surface area contributed by atoms with Crippen molar-refractivity contribution in [3.05, 3.63) is 59.7 Å². The summed E-state index contributed by atoms with van der Waals surface area (Å²) in [6.07, 6.45) is 1.73. The Labute approximate surface area is 141 Å². The zero-order valence-electron chi connectivity index (χ0n) is 13.2. The largest absolute Gasteiger partial charge is 0.462 e. The molecule has 2 aromatic rings. The average Bonchev–Trinajstić information content (AvgIpc) is 2.60. The minimum absolute atomic E-state index is 0.320. The molecule has 2 rings (SSSR count). The van der Waals surface area contributed by atoms with Crippen LogP contribution in [-0.2, 0) is 10.6 Å². The molecule has 0 radical (unpaired) electrons. The number of alkyl halides is 1. The van der Waals surface area contributed by atoms with Crippen LogP contribution in [0.2, 0.25) is 0 Å². The SMILES string of the molecule is CCOC(=O)c1ccc(/N=C/N(C)c2ccc(CCl)cc2)cc1. The Hall–Kier alpha value is -2.33. The lowest BCUT2D eigenvalue weighted by molar-refractivity contribution is 0.0526. The fourth-order valence-electron chi connectivity index (χ4n) is 1.94. The lowest BCUT2D eigenvalue weighted by atomic mass is 10.2. The second kappa shape index (κ2) is 8.34. The van der Waals surface area contributed by atoms with Gasteiger partial charge in [0.25, 0.3) is 0 Å². The topological polar surface area (TPSA) is 41.9 Å². The molecule has 2 aromatic carbocycles. The second-order valence-corrected chi connectivity index (χ2v) is 5.19. The highest BCUT2D eigenvalue weighted by atomic mass is 35.5. The molecule has 23 heavy (non-hydrogen) atoms. The average molecular weight is 331 g/mol. The molecule has 0 aliphatic rings. The zero-order valence-corrected chi connectivity index (χ0v) is 14.0. The second-order valence-electron chi connectivity index (χ2n) is 4.92. The maximum absolute atomic E-state index is 11.6. The summed E-state index contributed by atoms with van der Waals surface area (Å²) in [4.78, 5) is 17.9. The van der Waals surface area contributed by atoms with Gasteiger partial charge in [0, 0.05) is 18.6 Å². The van der Waals surface area contributed by atoms with Crippen LogP contribution in [0.15, 0.2) is 53.5 Å². The molecule has 0 fully saturated rings. The summed E-state index contributed by atoms with van der Waals surface area (Å²) >= 11 is 5.78. The standard InChI is InChI=1S/C18H19ClN2O2/c1-3-23-18(22)15-6-8-16(9-7-15)20-13-21(2)17-10-4-14(12-19)5-11-17/h4-11,13H,3,12H2,1-2H3/b20-13+. The number of carbonyl (C=O) groups excluding carboxylic acids is 1. The molecule has 0 unspecified atom stereocenters. The van der Waals surface area contributed by atoms with Crippen molar-refractivity contribution in [2.45, 2.75) is 12.8 Å². The molecule has 0 aliphatic carbocycles. The minimum Gasteiger partial charge on any atom is -0.462 e. The normalized spacial score (nSPS) is 10.7. The number of hydrogen-bond acceptors (Lipinski definition) is 3. The number of halogens is 1. The van der Waals surface area contributed by atoms with Gasteiger partial charge < -0.3 is 9.64 Å². The van der Waals surface area contributed by atoms with Gasteiger partial charge in [-0.1, -0.05) is 12.1 Å². The van der Waals surface area contributed by atoms with Gasteiger partial charge in [-0.05, 0) is 48.9 Å². The van der Waals surface area contributed by atoms with Gasteiger partial charge in [-0.15, -0.1) is 11.6 Å². The molecule has 0 aliphatic heterocycles. The molecule has 4 nitrogen and oxygen atoms in total. The van der Waals surface area contributed by atoms with E-state index >= 15 is 0 Å². The van der Waals surface area contributed by atoms with Crippen LogP contribution in [0.25, 0.3) is 0 Å². The van der Waals surface area contributed by atoms with Gasteiger partial charge in [-0.2, -0.15) is 0 Å². The number of esters is 1. The summed E-state index contributed by atoms with van der Waals surface area (Å²) in [7, 11) is 1.92. The minimum atomic E-state index is -0.320. The van der Waals surface area contributed by atoms with Gasteiger partial charge in [-0.25, -0.2) is 9.79 Å². The summed E-state index contributed by atoms with van der Waals surface area (Å²) in [6, 6.07) is 14.9. The Bertz CT molecular complexity index is 666. The molecule has 0 atom stereocenters. The maximum Gasteiger partial charge on any atom is 0.338 e. The fourth-order valence-corrected chi connectivity index (χ4v) is 2.12. The quantitative estimate of drug-likeness (QED) is 0.341. The smallest absolute Gasteiger partial charge is 0.338 e. The van der Waals surface area contributed by atoms with Crippen LogP contribution in [0, 0.1) is 0 Å². The number of aliphatic imine (C=N–C) groups is 1. The van der Waals surface area contributed by atoms with Crippen LogP contribution in [0.1, 0.15) is 22.8 Å². The van der Waals surface area contributed by atoms with Gasteiger partial charge in [0.1, 0.15) is 0 Å². The van der Waals surface area contributed by atoms with E-state index in [1.165, 1.54) is 0 Å². The Morgan fingerprint density at radius 2 is 1.83 bits per heavy atom. The van der Waals surface area contributed by atoms with E-state index in [2.05, 4.69) is 4.99 Å². The first-order chi connectivity index (χ1) is 11.1. The predicted octanol–water partition coefficient (Wildman–Crippen LogP) is 4.40. The van der Waals surface area contributed by atoms with Crippen LogP contribution in [-0.4, -0.2) is 26.0 Å². The van der Waals surface area contributed by atoms with Gasteiger partial charge >= 0.3 is 5.97 Å². The van der Waals surface area contributed by atoms with Gasteiger partial charge in [-0.3, -0.25) is 0 Å². The van der Waals surface area contributed by atoms with Crippen molar-refractivity contribution in [1.29, 1.82) is 0 Å². The zero-order chi connectivity index (χ0) is 16.7. The van der Waals surface area contributed by atoms with Crippen molar-refractivity contribution in [3.8, 4) is 0 Å². The van der Waals surface area contributed by atoms with Crippen LogP contribution in [0.3, 0.4) is 0 Å². The number of ether oxygens (including phenoxy) is 1. The van der Waals surface area contributed by atoms with Crippen molar-refractivity contribution in [3.63, 3.8) is 0 Å². The Morgan fingerprint density at radius 3 is 2.39 bits per heavy atom. The summed E-state index contributed by atoms with van der Waals surface area (Å²) < 4.78 is 4.95. The Morgan fingerprint density at radius 1 is 1.17 bits per heavy atom. The third kappa shape index (κ3) is 4.83. The first-order valence-corrected chi connectivity index (χ1v) is 7.86. The lowest BCUT2D eigenvalue weighted by Gasteiger charge is -2.13. The highest BCUT2D eigenvalue weighted by Gasteiger charge is 2.05. The van der Waals surface area contributed by atoms with E-state index in [0.29, 0.717) is 18.1 Å². The summed E-state index contributed by atoms with van der Waals surface area (Å²) in [5.41, 5.74) is 3.39. The highest BCUT2D eigenvalue weighted by molar-refractivity contribution is 6.17. The van der Waals surface area contributed by atoms with Crippen LogP contribution < -0.4 is 4.90 Å².